The largest absolute Gasteiger partial charge is 0.309 e. The van der Waals surface area contributed by atoms with E-state index in [1.54, 1.807) is 0 Å². The molecule has 0 amide bonds. The fourth-order valence-electron chi connectivity index (χ4n) is 9.36. The van der Waals surface area contributed by atoms with E-state index in [-0.39, 0.29) is 0 Å². The standard InChI is InChI=1S/C54H38N2Si/c1-5-17-39(18-6-1)40-29-31-41(32-30-40)55-51-27-15-13-25-47(51)49-37-42(33-35-53(49)55)56-52-28-16-14-26-48(52)50-38-46(34-36-54(50)56)57(43-19-7-2-8-20-43,44-21-9-3-10-22-44)45-23-11-4-12-24-45/h1-38H. The summed E-state index contributed by atoms with van der Waals surface area (Å²) in [5.41, 5.74) is 9.55. The van der Waals surface area contributed by atoms with Gasteiger partial charge in [0.1, 0.15) is 0 Å². The van der Waals surface area contributed by atoms with Gasteiger partial charge in [0.25, 0.3) is 0 Å². The van der Waals surface area contributed by atoms with E-state index in [9.17, 15) is 0 Å². The van der Waals surface area contributed by atoms with Gasteiger partial charge < -0.3 is 9.13 Å². The maximum absolute atomic E-state index is 2.71. The van der Waals surface area contributed by atoms with Crippen LogP contribution in [0.25, 0.3) is 66.1 Å². The summed E-state index contributed by atoms with van der Waals surface area (Å²) in [6.45, 7) is 0. The van der Waals surface area contributed by atoms with Crippen LogP contribution >= 0.6 is 0 Å². The molecule has 0 aliphatic rings. The number of hydrogen-bond acceptors (Lipinski definition) is 0. The minimum Gasteiger partial charge on any atom is -0.309 e. The van der Waals surface area contributed by atoms with Gasteiger partial charge in [-0.05, 0) is 80.4 Å². The van der Waals surface area contributed by atoms with Crippen molar-refractivity contribution in [3.8, 4) is 22.5 Å². The van der Waals surface area contributed by atoms with E-state index in [0.717, 1.165) is 11.4 Å². The summed E-state index contributed by atoms with van der Waals surface area (Å²) in [4.78, 5) is 0. The molecular weight excluding hydrogens is 705 g/mol. The molecule has 0 unspecified atom stereocenters. The molecule has 0 aliphatic carbocycles. The highest BCUT2D eigenvalue weighted by Gasteiger charge is 2.41. The maximum Gasteiger partial charge on any atom is 0.179 e. The van der Waals surface area contributed by atoms with E-state index < -0.39 is 8.07 Å². The summed E-state index contributed by atoms with van der Waals surface area (Å²) in [6, 6.07) is 85.1. The van der Waals surface area contributed by atoms with Crippen LogP contribution in [0, 0.1) is 0 Å². The minimum atomic E-state index is -2.71. The van der Waals surface area contributed by atoms with Gasteiger partial charge in [0, 0.05) is 32.9 Å². The number of benzene rings is 9. The lowest BCUT2D eigenvalue weighted by molar-refractivity contribution is 1.17. The Morgan fingerprint density at radius 3 is 1.18 bits per heavy atom. The zero-order valence-corrected chi connectivity index (χ0v) is 32.3. The van der Waals surface area contributed by atoms with Crippen molar-refractivity contribution in [2.45, 2.75) is 0 Å². The van der Waals surface area contributed by atoms with Gasteiger partial charge in [-0.2, -0.15) is 0 Å². The Morgan fingerprint density at radius 1 is 0.246 bits per heavy atom. The highest BCUT2D eigenvalue weighted by Crippen LogP contribution is 2.37. The van der Waals surface area contributed by atoms with Gasteiger partial charge in [0.05, 0.1) is 22.1 Å². The number of fused-ring (bicyclic) bond motifs is 6. The molecule has 0 aliphatic heterocycles. The molecule has 0 spiro atoms. The summed E-state index contributed by atoms with van der Waals surface area (Å²) in [6.07, 6.45) is 0. The molecule has 2 heterocycles. The SMILES string of the molecule is c1ccc(-c2ccc(-n3c4ccccc4c4cc(-n5c6ccccc6c6cc([Si](c7ccccc7)(c7ccccc7)c7ccccc7)ccc65)ccc43)cc2)cc1. The molecule has 268 valence electrons. The Hall–Kier alpha value is -7.20. The lowest BCUT2D eigenvalue weighted by Gasteiger charge is -2.34. The van der Waals surface area contributed by atoms with Crippen molar-refractivity contribution in [3.05, 3.63) is 231 Å². The Balaban J connectivity index is 1.12. The predicted molar refractivity (Wildman–Crippen MR) is 244 cm³/mol. The first-order valence-corrected chi connectivity index (χ1v) is 21.7. The van der Waals surface area contributed by atoms with Crippen molar-refractivity contribution in [2.24, 2.45) is 0 Å². The normalized spacial score (nSPS) is 11.9. The van der Waals surface area contributed by atoms with Gasteiger partial charge in [-0.15, -0.1) is 0 Å². The molecule has 0 N–H and O–H groups in total. The summed E-state index contributed by atoms with van der Waals surface area (Å²) in [7, 11) is -2.71. The molecule has 9 aromatic carbocycles. The van der Waals surface area contributed by atoms with E-state index in [4.69, 9.17) is 0 Å². The molecule has 3 heteroatoms. The number of para-hydroxylation sites is 2. The van der Waals surface area contributed by atoms with Crippen LogP contribution in [0.15, 0.2) is 231 Å². The molecule has 0 bridgehead atoms. The monoisotopic (exact) mass is 742 g/mol. The van der Waals surface area contributed by atoms with Crippen molar-refractivity contribution in [1.82, 2.24) is 9.13 Å². The summed E-state index contributed by atoms with van der Waals surface area (Å²) in [5.74, 6) is 0. The first kappa shape index (κ1) is 33.2. The quantitative estimate of drug-likeness (QED) is 0.114. The second kappa shape index (κ2) is 13.5. The van der Waals surface area contributed by atoms with E-state index >= 15 is 0 Å². The number of rotatable bonds is 7. The Kier molecular flexibility index (Phi) is 7.87. The second-order valence-electron chi connectivity index (χ2n) is 14.9. The van der Waals surface area contributed by atoms with Crippen molar-refractivity contribution in [1.29, 1.82) is 0 Å². The van der Waals surface area contributed by atoms with Crippen molar-refractivity contribution < 1.29 is 0 Å². The Bertz CT molecular complexity index is 3100. The van der Waals surface area contributed by atoms with E-state index in [2.05, 4.69) is 240 Å². The molecule has 0 fully saturated rings. The number of hydrogen-bond donors (Lipinski definition) is 0. The first-order chi connectivity index (χ1) is 28.3. The molecular formula is C54H38N2Si. The van der Waals surface area contributed by atoms with Crippen LogP contribution in [0.5, 0.6) is 0 Å². The smallest absolute Gasteiger partial charge is 0.179 e. The van der Waals surface area contributed by atoms with Crippen LogP contribution < -0.4 is 20.7 Å². The van der Waals surface area contributed by atoms with Crippen LogP contribution in [0.2, 0.25) is 0 Å². The molecule has 11 aromatic rings. The Labute approximate surface area is 333 Å². The van der Waals surface area contributed by atoms with Crippen LogP contribution in [0.3, 0.4) is 0 Å². The third-order valence-electron chi connectivity index (χ3n) is 11.9. The van der Waals surface area contributed by atoms with E-state index in [1.807, 2.05) is 0 Å². The fourth-order valence-corrected chi connectivity index (χ4v) is 14.1. The van der Waals surface area contributed by atoms with Crippen LogP contribution in [0.1, 0.15) is 0 Å². The van der Waals surface area contributed by atoms with Crippen molar-refractivity contribution in [3.63, 3.8) is 0 Å². The van der Waals surface area contributed by atoms with Gasteiger partial charge in [-0.1, -0.05) is 182 Å². The minimum absolute atomic E-state index is 1.15. The lowest BCUT2D eigenvalue weighted by atomic mass is 10.1. The van der Waals surface area contributed by atoms with Crippen molar-refractivity contribution >= 4 is 72.4 Å². The molecule has 57 heavy (non-hydrogen) atoms. The second-order valence-corrected chi connectivity index (χ2v) is 18.7. The van der Waals surface area contributed by atoms with Crippen LogP contribution in [-0.2, 0) is 0 Å². The average molecular weight is 743 g/mol. The predicted octanol–water partition coefficient (Wildman–Crippen LogP) is 10.9. The topological polar surface area (TPSA) is 9.86 Å². The maximum atomic E-state index is 2.51. The van der Waals surface area contributed by atoms with Gasteiger partial charge in [0.15, 0.2) is 8.07 Å². The average Bonchev–Trinajstić information content (AvgIpc) is 3.80. The molecule has 11 rings (SSSR count). The highest BCUT2D eigenvalue weighted by molar-refractivity contribution is 7.20. The summed E-state index contributed by atoms with van der Waals surface area (Å²) >= 11 is 0. The molecule has 2 aromatic heterocycles. The molecule has 0 saturated heterocycles. The lowest BCUT2D eigenvalue weighted by Crippen LogP contribution is -2.74. The Morgan fingerprint density at radius 2 is 0.632 bits per heavy atom. The van der Waals surface area contributed by atoms with E-state index in [1.165, 1.54) is 75.5 Å². The zero-order valence-electron chi connectivity index (χ0n) is 31.3. The third-order valence-corrected chi connectivity index (χ3v) is 16.6. The van der Waals surface area contributed by atoms with Gasteiger partial charge >= 0.3 is 0 Å². The van der Waals surface area contributed by atoms with Crippen molar-refractivity contribution in [2.75, 3.05) is 0 Å². The molecule has 0 saturated carbocycles. The molecule has 2 nitrogen and oxygen atoms in total. The number of nitrogens with zero attached hydrogens (tertiary/aromatic N) is 2. The van der Waals surface area contributed by atoms with Gasteiger partial charge in [-0.25, -0.2) is 0 Å². The zero-order chi connectivity index (χ0) is 37.8. The highest BCUT2D eigenvalue weighted by atomic mass is 28.3. The molecule has 0 radical (unpaired) electrons. The van der Waals surface area contributed by atoms with Gasteiger partial charge in [-0.3, -0.25) is 0 Å². The fraction of sp³-hybridized carbons (Fsp3) is 0. The van der Waals surface area contributed by atoms with E-state index in [0.29, 0.717) is 0 Å². The first-order valence-electron chi connectivity index (χ1n) is 19.7. The molecule has 0 atom stereocenters. The number of aromatic nitrogens is 2. The van der Waals surface area contributed by atoms with Crippen LogP contribution in [0.4, 0.5) is 0 Å². The van der Waals surface area contributed by atoms with Crippen LogP contribution in [-0.4, -0.2) is 17.2 Å². The summed E-state index contributed by atoms with van der Waals surface area (Å²) in [5, 5.41) is 10.5. The van der Waals surface area contributed by atoms with Gasteiger partial charge in [0.2, 0.25) is 0 Å². The summed E-state index contributed by atoms with van der Waals surface area (Å²) < 4.78 is 4.87. The third kappa shape index (κ3) is 5.24.